The first-order valence-electron chi connectivity index (χ1n) is 8.80. The van der Waals surface area contributed by atoms with Gasteiger partial charge >= 0.3 is 0 Å². The first-order chi connectivity index (χ1) is 11.6. The number of nitrogens with zero attached hydrogens (tertiary/aromatic N) is 2. The summed E-state index contributed by atoms with van der Waals surface area (Å²) >= 11 is 0. The van der Waals surface area contributed by atoms with E-state index in [1.165, 1.54) is 0 Å². The maximum atomic E-state index is 14.4. The molecule has 1 saturated heterocycles. The number of morpholine rings is 1. The van der Waals surface area contributed by atoms with Gasteiger partial charge in [0, 0.05) is 25.7 Å². The minimum absolute atomic E-state index is 0.190. The molecule has 0 aliphatic carbocycles. The van der Waals surface area contributed by atoms with E-state index < -0.39 is 0 Å². The van der Waals surface area contributed by atoms with Crippen molar-refractivity contribution in [2.75, 3.05) is 37.7 Å². The summed E-state index contributed by atoms with van der Waals surface area (Å²) in [6, 6.07) is 5.73. The standard InChI is InChI=1S/C18H29FN4O/c1-4-14(3)22-18(20-5-2)21-13-15-6-7-17(16(19)12-15)23-8-10-24-11-9-23/h6-7,12,14H,4-5,8-11,13H2,1-3H3,(H2,20,21,22). The summed E-state index contributed by atoms with van der Waals surface area (Å²) in [7, 11) is 0. The number of guanidine groups is 1. The van der Waals surface area contributed by atoms with Crippen LogP contribution in [-0.4, -0.2) is 44.8 Å². The Hall–Kier alpha value is -1.82. The SMILES string of the molecule is CCNC(=NCc1ccc(N2CCOCC2)c(F)c1)NC(C)CC. The van der Waals surface area contributed by atoms with Crippen LogP contribution >= 0.6 is 0 Å². The molecule has 24 heavy (non-hydrogen) atoms. The van der Waals surface area contributed by atoms with E-state index in [-0.39, 0.29) is 5.82 Å². The summed E-state index contributed by atoms with van der Waals surface area (Å²) in [4.78, 5) is 6.58. The predicted octanol–water partition coefficient (Wildman–Crippen LogP) is 2.52. The van der Waals surface area contributed by atoms with Crippen molar-refractivity contribution >= 4 is 11.6 Å². The van der Waals surface area contributed by atoms with Gasteiger partial charge in [0.15, 0.2) is 5.96 Å². The maximum absolute atomic E-state index is 14.4. The second kappa shape index (κ2) is 9.47. The Morgan fingerprint density at radius 2 is 2.08 bits per heavy atom. The highest BCUT2D eigenvalue weighted by molar-refractivity contribution is 5.80. The first-order valence-corrected chi connectivity index (χ1v) is 8.80. The van der Waals surface area contributed by atoms with Gasteiger partial charge in [-0.2, -0.15) is 0 Å². The molecule has 0 bridgehead atoms. The zero-order valence-electron chi connectivity index (χ0n) is 14.9. The van der Waals surface area contributed by atoms with Crippen LogP contribution in [-0.2, 0) is 11.3 Å². The average Bonchev–Trinajstić information content (AvgIpc) is 2.60. The summed E-state index contributed by atoms with van der Waals surface area (Å²) in [5.74, 6) is 0.578. The monoisotopic (exact) mass is 336 g/mol. The average molecular weight is 336 g/mol. The minimum Gasteiger partial charge on any atom is -0.378 e. The lowest BCUT2D eigenvalue weighted by Gasteiger charge is -2.29. The van der Waals surface area contributed by atoms with E-state index in [1.807, 2.05) is 24.0 Å². The van der Waals surface area contributed by atoms with Crippen LogP contribution in [0.4, 0.5) is 10.1 Å². The fourth-order valence-corrected chi connectivity index (χ4v) is 2.54. The normalized spacial score (nSPS) is 16.8. The van der Waals surface area contributed by atoms with Gasteiger partial charge < -0.3 is 20.3 Å². The smallest absolute Gasteiger partial charge is 0.191 e. The maximum Gasteiger partial charge on any atom is 0.191 e. The van der Waals surface area contributed by atoms with Crippen LogP contribution in [0, 0.1) is 5.82 Å². The van der Waals surface area contributed by atoms with E-state index in [0.717, 1.165) is 37.6 Å². The molecule has 0 saturated carbocycles. The van der Waals surface area contributed by atoms with E-state index in [2.05, 4.69) is 29.5 Å². The molecule has 134 valence electrons. The van der Waals surface area contributed by atoms with E-state index in [1.54, 1.807) is 6.07 Å². The number of hydrogen-bond donors (Lipinski definition) is 2. The zero-order chi connectivity index (χ0) is 17.4. The van der Waals surface area contributed by atoms with Crippen LogP contribution in [0.15, 0.2) is 23.2 Å². The van der Waals surface area contributed by atoms with Gasteiger partial charge in [-0.3, -0.25) is 0 Å². The number of ether oxygens (including phenoxy) is 1. The molecule has 1 unspecified atom stereocenters. The number of nitrogens with one attached hydrogen (secondary N) is 2. The number of halogens is 1. The minimum atomic E-state index is -0.190. The van der Waals surface area contributed by atoms with E-state index >= 15 is 0 Å². The van der Waals surface area contributed by atoms with Crippen LogP contribution in [0.1, 0.15) is 32.8 Å². The summed E-state index contributed by atoms with van der Waals surface area (Å²) in [5.41, 5.74) is 1.52. The van der Waals surface area contributed by atoms with Gasteiger partial charge in [-0.15, -0.1) is 0 Å². The van der Waals surface area contributed by atoms with Gasteiger partial charge in [-0.05, 0) is 38.0 Å². The second-order valence-electron chi connectivity index (χ2n) is 6.03. The van der Waals surface area contributed by atoms with Crippen LogP contribution in [0.5, 0.6) is 0 Å². The topological polar surface area (TPSA) is 48.9 Å². The molecule has 1 atom stereocenters. The second-order valence-corrected chi connectivity index (χ2v) is 6.03. The summed E-state index contributed by atoms with van der Waals surface area (Å²) < 4.78 is 19.7. The Morgan fingerprint density at radius 1 is 1.33 bits per heavy atom. The molecule has 1 fully saturated rings. The zero-order valence-corrected chi connectivity index (χ0v) is 14.9. The molecule has 0 aromatic heterocycles. The molecule has 1 heterocycles. The molecule has 0 spiro atoms. The van der Waals surface area contributed by atoms with E-state index in [4.69, 9.17) is 4.74 Å². The van der Waals surface area contributed by atoms with Crippen molar-refractivity contribution < 1.29 is 9.13 Å². The summed E-state index contributed by atoms with van der Waals surface area (Å²) in [5, 5.41) is 6.56. The largest absolute Gasteiger partial charge is 0.378 e. The van der Waals surface area contributed by atoms with E-state index in [9.17, 15) is 4.39 Å². The molecule has 0 radical (unpaired) electrons. The van der Waals surface area contributed by atoms with Crippen molar-refractivity contribution in [2.45, 2.75) is 39.8 Å². The number of aliphatic imine (C=N–C) groups is 1. The van der Waals surface area contributed by atoms with Crippen LogP contribution in [0.2, 0.25) is 0 Å². The highest BCUT2D eigenvalue weighted by atomic mass is 19.1. The third-order valence-corrected chi connectivity index (χ3v) is 4.12. The van der Waals surface area contributed by atoms with Crippen molar-refractivity contribution in [3.05, 3.63) is 29.6 Å². The summed E-state index contributed by atoms with van der Waals surface area (Å²) in [6.07, 6.45) is 1.02. The van der Waals surface area contributed by atoms with Crippen molar-refractivity contribution in [3.8, 4) is 0 Å². The van der Waals surface area contributed by atoms with Crippen LogP contribution in [0.25, 0.3) is 0 Å². The van der Waals surface area contributed by atoms with Crippen molar-refractivity contribution in [2.24, 2.45) is 4.99 Å². The van der Waals surface area contributed by atoms with Crippen molar-refractivity contribution in [3.63, 3.8) is 0 Å². The van der Waals surface area contributed by atoms with Gasteiger partial charge in [-0.1, -0.05) is 13.0 Å². The molecular formula is C18H29FN4O. The Balaban J connectivity index is 2.03. The lowest BCUT2D eigenvalue weighted by atomic mass is 10.1. The van der Waals surface area contributed by atoms with Gasteiger partial charge in [0.2, 0.25) is 0 Å². The van der Waals surface area contributed by atoms with Gasteiger partial charge in [0.25, 0.3) is 0 Å². The predicted molar refractivity (Wildman–Crippen MR) is 97.1 cm³/mol. The number of hydrogen-bond acceptors (Lipinski definition) is 3. The number of benzene rings is 1. The molecule has 0 amide bonds. The Kier molecular flexibility index (Phi) is 7.31. The highest BCUT2D eigenvalue weighted by Crippen LogP contribution is 2.21. The fraction of sp³-hybridized carbons (Fsp3) is 0.611. The van der Waals surface area contributed by atoms with Crippen molar-refractivity contribution in [1.29, 1.82) is 0 Å². The van der Waals surface area contributed by atoms with Gasteiger partial charge in [0.05, 0.1) is 25.4 Å². The lowest BCUT2D eigenvalue weighted by molar-refractivity contribution is 0.122. The molecule has 6 heteroatoms. The lowest BCUT2D eigenvalue weighted by Crippen LogP contribution is -2.41. The highest BCUT2D eigenvalue weighted by Gasteiger charge is 2.15. The quantitative estimate of drug-likeness (QED) is 0.619. The molecular weight excluding hydrogens is 307 g/mol. The molecule has 2 N–H and O–H groups in total. The Bertz CT molecular complexity index is 544. The fourth-order valence-electron chi connectivity index (χ4n) is 2.54. The molecule has 1 aromatic rings. The molecule has 1 aromatic carbocycles. The molecule has 1 aliphatic rings. The molecule has 2 rings (SSSR count). The molecule has 1 aliphatic heterocycles. The third-order valence-electron chi connectivity index (χ3n) is 4.12. The molecule has 5 nitrogen and oxygen atoms in total. The van der Waals surface area contributed by atoms with E-state index in [0.29, 0.717) is 31.5 Å². The number of anilines is 1. The van der Waals surface area contributed by atoms with Crippen LogP contribution in [0.3, 0.4) is 0 Å². The van der Waals surface area contributed by atoms with Gasteiger partial charge in [0.1, 0.15) is 5.82 Å². The van der Waals surface area contributed by atoms with Crippen molar-refractivity contribution in [1.82, 2.24) is 10.6 Å². The summed E-state index contributed by atoms with van der Waals surface area (Å²) in [6.45, 7) is 10.3. The van der Waals surface area contributed by atoms with Gasteiger partial charge in [-0.25, -0.2) is 9.38 Å². The number of rotatable bonds is 6. The Labute approximate surface area is 144 Å². The first kappa shape index (κ1) is 18.5. The van der Waals surface area contributed by atoms with Crippen LogP contribution < -0.4 is 15.5 Å². The Morgan fingerprint density at radius 3 is 2.71 bits per heavy atom. The third kappa shape index (κ3) is 5.37.